The second kappa shape index (κ2) is 7.27. The third kappa shape index (κ3) is 2.81. The third-order valence-electron chi connectivity index (χ3n) is 5.47. The normalized spacial score (nSPS) is 14.3. The number of rotatable bonds is 5. The van der Waals surface area contributed by atoms with Gasteiger partial charge in [-0.1, -0.05) is 30.3 Å². The van der Waals surface area contributed by atoms with Crippen LogP contribution in [0.4, 0.5) is 0 Å². The van der Waals surface area contributed by atoms with Crippen molar-refractivity contribution < 1.29 is 14.7 Å². The SMILES string of the molecule is O=C1NC(=O)C(c2cn(CCCO)c3c(Br)cccc23)=C1c1c[nH]c2ccccc12. The lowest BCUT2D eigenvalue weighted by molar-refractivity contribution is -0.122. The summed E-state index contributed by atoms with van der Waals surface area (Å²) in [5.41, 5.74) is 3.98. The highest BCUT2D eigenvalue weighted by atomic mass is 79.9. The van der Waals surface area contributed by atoms with Gasteiger partial charge in [0.05, 0.1) is 16.7 Å². The van der Waals surface area contributed by atoms with Crippen molar-refractivity contribution in [2.24, 2.45) is 0 Å². The van der Waals surface area contributed by atoms with Gasteiger partial charge >= 0.3 is 0 Å². The predicted molar refractivity (Wildman–Crippen MR) is 120 cm³/mol. The number of nitrogens with zero attached hydrogens (tertiary/aromatic N) is 1. The molecule has 150 valence electrons. The lowest BCUT2D eigenvalue weighted by Crippen LogP contribution is -2.22. The van der Waals surface area contributed by atoms with E-state index >= 15 is 0 Å². The van der Waals surface area contributed by atoms with Crippen molar-refractivity contribution in [2.45, 2.75) is 13.0 Å². The van der Waals surface area contributed by atoms with Crippen LogP contribution in [0.15, 0.2) is 59.3 Å². The summed E-state index contributed by atoms with van der Waals surface area (Å²) < 4.78 is 2.91. The Morgan fingerprint density at radius 2 is 1.67 bits per heavy atom. The molecule has 2 aromatic carbocycles. The first-order valence-corrected chi connectivity index (χ1v) is 10.4. The summed E-state index contributed by atoms with van der Waals surface area (Å²) >= 11 is 3.60. The zero-order valence-corrected chi connectivity index (χ0v) is 17.5. The highest BCUT2D eigenvalue weighted by Crippen LogP contribution is 2.39. The molecule has 0 unspecified atom stereocenters. The first-order chi connectivity index (χ1) is 14.6. The number of para-hydroxylation sites is 2. The number of nitrogens with one attached hydrogen (secondary N) is 2. The van der Waals surface area contributed by atoms with E-state index in [-0.39, 0.29) is 6.61 Å². The first-order valence-electron chi connectivity index (χ1n) is 9.65. The number of benzene rings is 2. The maximum Gasteiger partial charge on any atom is 0.259 e. The molecule has 30 heavy (non-hydrogen) atoms. The fourth-order valence-corrected chi connectivity index (χ4v) is 4.77. The van der Waals surface area contributed by atoms with Crippen molar-refractivity contribution in [3.8, 4) is 0 Å². The number of H-pyrrole nitrogens is 1. The van der Waals surface area contributed by atoms with Crippen LogP contribution in [0.5, 0.6) is 0 Å². The highest BCUT2D eigenvalue weighted by molar-refractivity contribution is 9.10. The van der Waals surface area contributed by atoms with Gasteiger partial charge in [-0.05, 0) is 34.5 Å². The van der Waals surface area contributed by atoms with E-state index < -0.39 is 11.8 Å². The van der Waals surface area contributed by atoms with E-state index in [4.69, 9.17) is 0 Å². The predicted octanol–water partition coefficient (Wildman–Crippen LogP) is 3.83. The zero-order valence-electron chi connectivity index (χ0n) is 15.9. The molecule has 2 aromatic heterocycles. The van der Waals surface area contributed by atoms with Crippen LogP contribution in [0.25, 0.3) is 33.0 Å². The molecule has 0 atom stereocenters. The van der Waals surface area contributed by atoms with Crippen molar-refractivity contribution >= 4 is 60.7 Å². The number of carbonyl (C=O) groups excluding carboxylic acids is 2. The van der Waals surface area contributed by atoms with Crippen LogP contribution in [0, 0.1) is 0 Å². The van der Waals surface area contributed by atoms with Crippen molar-refractivity contribution in [2.75, 3.05) is 6.61 Å². The second-order valence-corrected chi connectivity index (χ2v) is 8.08. The molecule has 0 aliphatic carbocycles. The van der Waals surface area contributed by atoms with E-state index in [9.17, 15) is 14.7 Å². The smallest absolute Gasteiger partial charge is 0.259 e. The summed E-state index contributed by atoms with van der Waals surface area (Å²) in [6.07, 6.45) is 4.26. The summed E-state index contributed by atoms with van der Waals surface area (Å²) in [6.45, 7) is 0.669. The Bertz CT molecular complexity index is 1360. The average Bonchev–Trinajstić information content (AvgIpc) is 3.40. The number of hydrogen-bond donors (Lipinski definition) is 3. The molecular weight excluding hydrogens is 446 g/mol. The summed E-state index contributed by atoms with van der Waals surface area (Å²) in [4.78, 5) is 28.9. The molecule has 1 aliphatic rings. The molecule has 0 radical (unpaired) electrons. The summed E-state index contributed by atoms with van der Waals surface area (Å²) in [6, 6.07) is 13.5. The van der Waals surface area contributed by atoms with Crippen molar-refractivity contribution in [1.82, 2.24) is 14.9 Å². The van der Waals surface area contributed by atoms with Gasteiger partial charge in [-0.2, -0.15) is 0 Å². The van der Waals surface area contributed by atoms with E-state index in [1.54, 1.807) is 6.20 Å². The minimum absolute atomic E-state index is 0.0711. The van der Waals surface area contributed by atoms with Gasteiger partial charge in [0.25, 0.3) is 11.8 Å². The molecule has 2 amide bonds. The van der Waals surface area contributed by atoms with Crippen LogP contribution in [-0.2, 0) is 16.1 Å². The maximum absolute atomic E-state index is 12.9. The number of aromatic amines is 1. The largest absolute Gasteiger partial charge is 0.396 e. The van der Waals surface area contributed by atoms with Crippen molar-refractivity contribution in [3.63, 3.8) is 0 Å². The molecule has 3 N–H and O–H groups in total. The fourth-order valence-electron chi connectivity index (χ4n) is 4.18. The Hall–Kier alpha value is -3.16. The molecule has 0 saturated heterocycles. The maximum atomic E-state index is 12.9. The Kier molecular flexibility index (Phi) is 4.56. The number of halogens is 1. The molecule has 1 aliphatic heterocycles. The van der Waals surface area contributed by atoms with Gasteiger partial charge in [0, 0.05) is 57.4 Å². The molecule has 0 saturated carbocycles. The quantitative estimate of drug-likeness (QED) is 0.393. The van der Waals surface area contributed by atoms with Gasteiger partial charge in [-0.15, -0.1) is 0 Å². The van der Waals surface area contributed by atoms with Crippen LogP contribution in [-0.4, -0.2) is 33.1 Å². The fraction of sp³-hybridized carbons (Fsp3) is 0.130. The second-order valence-electron chi connectivity index (χ2n) is 7.23. The highest BCUT2D eigenvalue weighted by Gasteiger charge is 2.35. The monoisotopic (exact) mass is 463 g/mol. The van der Waals surface area contributed by atoms with Gasteiger partial charge in [0.15, 0.2) is 0 Å². The van der Waals surface area contributed by atoms with E-state index in [0.29, 0.717) is 35.2 Å². The molecule has 0 fully saturated rings. The van der Waals surface area contributed by atoms with E-state index in [0.717, 1.165) is 26.3 Å². The standard InChI is InChI=1S/C23H18BrN3O3/c24-17-7-3-6-14-16(12-27(21(14)17)9-4-10-28)20-19(22(29)26-23(20)30)15-11-25-18-8-2-1-5-13(15)18/h1-3,5-8,11-12,25,28H,4,9-10H2,(H,26,29,30). The lowest BCUT2D eigenvalue weighted by Gasteiger charge is -2.04. The average molecular weight is 464 g/mol. The molecule has 7 heteroatoms. The van der Waals surface area contributed by atoms with Crippen LogP contribution in [0.3, 0.4) is 0 Å². The minimum atomic E-state index is -0.401. The van der Waals surface area contributed by atoms with Crippen molar-refractivity contribution in [1.29, 1.82) is 0 Å². The number of aliphatic hydroxyl groups is 1. The number of aromatic nitrogens is 2. The van der Waals surface area contributed by atoms with E-state index in [1.807, 2.05) is 53.2 Å². The lowest BCUT2D eigenvalue weighted by atomic mass is 9.95. The van der Waals surface area contributed by atoms with Crippen molar-refractivity contribution in [3.05, 3.63) is 70.5 Å². The number of aliphatic hydroxyl groups excluding tert-OH is 1. The summed E-state index contributed by atoms with van der Waals surface area (Å²) in [7, 11) is 0. The van der Waals surface area contributed by atoms with Gasteiger partial charge in [-0.25, -0.2) is 0 Å². The van der Waals surface area contributed by atoms with Gasteiger partial charge in [-0.3, -0.25) is 14.9 Å². The Labute approximate surface area is 180 Å². The Balaban J connectivity index is 1.81. The Morgan fingerprint density at radius 1 is 0.933 bits per heavy atom. The van der Waals surface area contributed by atoms with E-state index in [1.165, 1.54) is 0 Å². The van der Waals surface area contributed by atoms with Crippen LogP contribution >= 0.6 is 15.9 Å². The van der Waals surface area contributed by atoms with E-state index in [2.05, 4.69) is 26.2 Å². The molecular formula is C23H18BrN3O3. The Morgan fingerprint density at radius 3 is 2.47 bits per heavy atom. The van der Waals surface area contributed by atoms with Gasteiger partial charge in [0.2, 0.25) is 0 Å². The van der Waals surface area contributed by atoms with Crippen LogP contribution in [0.1, 0.15) is 17.5 Å². The number of amides is 2. The summed E-state index contributed by atoms with van der Waals surface area (Å²) in [5, 5.41) is 13.5. The zero-order chi connectivity index (χ0) is 20.8. The number of hydrogen-bond acceptors (Lipinski definition) is 3. The molecule has 0 bridgehead atoms. The number of fused-ring (bicyclic) bond motifs is 2. The molecule has 4 aromatic rings. The van der Waals surface area contributed by atoms with Crippen LogP contribution < -0.4 is 5.32 Å². The summed E-state index contributed by atoms with van der Waals surface area (Å²) in [5.74, 6) is -0.799. The minimum Gasteiger partial charge on any atom is -0.396 e. The topological polar surface area (TPSA) is 87.1 Å². The molecule has 3 heterocycles. The first kappa shape index (κ1) is 18.8. The molecule has 0 spiro atoms. The van der Waals surface area contributed by atoms with Crippen LogP contribution in [0.2, 0.25) is 0 Å². The van der Waals surface area contributed by atoms with Gasteiger partial charge in [0.1, 0.15) is 0 Å². The molecule has 6 nitrogen and oxygen atoms in total. The third-order valence-corrected chi connectivity index (χ3v) is 6.11. The van der Waals surface area contributed by atoms with Gasteiger partial charge < -0.3 is 14.7 Å². The number of imide groups is 1. The number of aryl methyl sites for hydroxylation is 1. The number of carbonyl (C=O) groups is 2. The molecule has 5 rings (SSSR count).